The second kappa shape index (κ2) is 7.74. The summed E-state index contributed by atoms with van der Waals surface area (Å²) in [6.07, 6.45) is 3.34. The molecule has 27 heavy (non-hydrogen) atoms. The number of nitrogens with zero attached hydrogens (tertiary/aromatic N) is 4. The Balaban J connectivity index is 1.76. The summed E-state index contributed by atoms with van der Waals surface area (Å²) >= 11 is 0. The van der Waals surface area contributed by atoms with Gasteiger partial charge in [-0.05, 0) is 31.4 Å². The molecule has 0 atom stereocenters. The average Bonchev–Trinajstić information content (AvgIpc) is 2.67. The zero-order chi connectivity index (χ0) is 19.6. The minimum absolute atomic E-state index is 0.180. The van der Waals surface area contributed by atoms with Gasteiger partial charge in [-0.15, -0.1) is 0 Å². The molecule has 148 valence electrons. The summed E-state index contributed by atoms with van der Waals surface area (Å²) in [7, 11) is 0. The van der Waals surface area contributed by atoms with Gasteiger partial charge in [0, 0.05) is 56.4 Å². The van der Waals surface area contributed by atoms with Crippen molar-refractivity contribution in [3.63, 3.8) is 0 Å². The van der Waals surface area contributed by atoms with E-state index in [0.29, 0.717) is 13.1 Å². The normalized spacial score (nSPS) is 18.6. The van der Waals surface area contributed by atoms with Crippen LogP contribution in [0.1, 0.15) is 40.0 Å². The van der Waals surface area contributed by atoms with E-state index in [2.05, 4.69) is 9.80 Å². The van der Waals surface area contributed by atoms with Gasteiger partial charge in [-0.25, -0.2) is 0 Å². The predicted octanol–water partition coefficient (Wildman–Crippen LogP) is 3.28. The molecular weight excluding hydrogens is 344 g/mol. The van der Waals surface area contributed by atoms with Crippen molar-refractivity contribution < 1.29 is 9.72 Å². The molecule has 7 nitrogen and oxygen atoms in total. The van der Waals surface area contributed by atoms with Crippen molar-refractivity contribution in [3.8, 4) is 0 Å². The number of anilines is 2. The van der Waals surface area contributed by atoms with Gasteiger partial charge in [-0.1, -0.05) is 20.8 Å². The van der Waals surface area contributed by atoms with Gasteiger partial charge in [-0.3, -0.25) is 14.9 Å². The van der Waals surface area contributed by atoms with E-state index in [9.17, 15) is 14.9 Å². The largest absolute Gasteiger partial charge is 0.368 e. The molecule has 0 aromatic heterocycles. The Morgan fingerprint density at radius 2 is 1.59 bits per heavy atom. The SMILES string of the molecule is CC(C)(C)C(=O)N1CCN(c2ccc([N+](=O)[O-])c(N3CCCCC3)c2)CC1. The highest BCUT2D eigenvalue weighted by atomic mass is 16.6. The van der Waals surface area contributed by atoms with Crippen LogP contribution in [0, 0.1) is 15.5 Å². The van der Waals surface area contributed by atoms with Crippen LogP contribution in [0.3, 0.4) is 0 Å². The monoisotopic (exact) mass is 374 g/mol. The highest BCUT2D eigenvalue weighted by Crippen LogP contribution is 2.34. The van der Waals surface area contributed by atoms with Crippen LogP contribution in [0.5, 0.6) is 0 Å². The number of amides is 1. The molecule has 1 aromatic carbocycles. The van der Waals surface area contributed by atoms with Gasteiger partial charge in [0.1, 0.15) is 5.69 Å². The molecule has 0 radical (unpaired) electrons. The molecule has 2 fully saturated rings. The number of nitro groups is 1. The van der Waals surface area contributed by atoms with Crippen LogP contribution in [-0.4, -0.2) is 55.0 Å². The molecule has 0 aliphatic carbocycles. The maximum absolute atomic E-state index is 12.5. The molecular formula is C20H30N4O3. The average molecular weight is 374 g/mol. The summed E-state index contributed by atoms with van der Waals surface area (Å²) in [6.45, 7) is 10.5. The Hall–Kier alpha value is -2.31. The van der Waals surface area contributed by atoms with Crippen molar-refractivity contribution in [2.24, 2.45) is 5.41 Å². The summed E-state index contributed by atoms with van der Waals surface area (Å²) in [5, 5.41) is 11.5. The van der Waals surface area contributed by atoms with Crippen molar-refractivity contribution in [1.29, 1.82) is 0 Å². The number of nitro benzene ring substituents is 1. The van der Waals surface area contributed by atoms with Crippen molar-refractivity contribution in [1.82, 2.24) is 4.90 Å². The third-order valence-corrected chi connectivity index (χ3v) is 5.43. The van der Waals surface area contributed by atoms with Crippen LogP contribution >= 0.6 is 0 Å². The van der Waals surface area contributed by atoms with Crippen molar-refractivity contribution in [2.75, 3.05) is 49.1 Å². The molecule has 2 aliphatic rings. The molecule has 0 bridgehead atoms. The number of rotatable bonds is 3. The molecule has 2 saturated heterocycles. The highest BCUT2D eigenvalue weighted by Gasteiger charge is 2.30. The zero-order valence-electron chi connectivity index (χ0n) is 16.6. The van der Waals surface area contributed by atoms with Crippen LogP contribution in [-0.2, 0) is 4.79 Å². The highest BCUT2D eigenvalue weighted by molar-refractivity contribution is 5.82. The number of hydrogen-bond donors (Lipinski definition) is 0. The zero-order valence-corrected chi connectivity index (χ0v) is 16.6. The maximum atomic E-state index is 12.5. The van der Waals surface area contributed by atoms with Gasteiger partial charge in [0.25, 0.3) is 5.69 Å². The molecule has 2 aliphatic heterocycles. The van der Waals surface area contributed by atoms with E-state index in [0.717, 1.165) is 50.4 Å². The quantitative estimate of drug-likeness (QED) is 0.600. The van der Waals surface area contributed by atoms with Crippen molar-refractivity contribution in [2.45, 2.75) is 40.0 Å². The molecule has 0 unspecified atom stereocenters. The second-order valence-corrected chi connectivity index (χ2v) is 8.51. The van der Waals surface area contributed by atoms with Gasteiger partial charge >= 0.3 is 0 Å². The lowest BCUT2D eigenvalue weighted by molar-refractivity contribution is -0.384. The molecule has 2 heterocycles. The van der Waals surface area contributed by atoms with Crippen LogP contribution in [0.2, 0.25) is 0 Å². The van der Waals surface area contributed by atoms with E-state index in [1.54, 1.807) is 6.07 Å². The fourth-order valence-corrected chi connectivity index (χ4v) is 3.89. The van der Waals surface area contributed by atoms with Gasteiger partial charge < -0.3 is 14.7 Å². The molecule has 7 heteroatoms. The van der Waals surface area contributed by atoms with Gasteiger partial charge in [-0.2, -0.15) is 0 Å². The summed E-state index contributed by atoms with van der Waals surface area (Å²) in [4.78, 5) is 30.0. The van der Waals surface area contributed by atoms with Crippen LogP contribution in [0.15, 0.2) is 18.2 Å². The van der Waals surface area contributed by atoms with Gasteiger partial charge in [0.05, 0.1) is 4.92 Å². The van der Waals surface area contributed by atoms with E-state index in [4.69, 9.17) is 0 Å². The number of piperidine rings is 1. The molecule has 3 rings (SSSR count). The smallest absolute Gasteiger partial charge is 0.292 e. The topological polar surface area (TPSA) is 69.9 Å². The first-order valence-corrected chi connectivity index (χ1v) is 9.85. The summed E-state index contributed by atoms with van der Waals surface area (Å²) < 4.78 is 0. The third kappa shape index (κ3) is 4.34. The first-order chi connectivity index (χ1) is 12.8. The minimum Gasteiger partial charge on any atom is -0.368 e. The summed E-state index contributed by atoms with van der Waals surface area (Å²) in [6, 6.07) is 5.43. The van der Waals surface area contributed by atoms with Crippen molar-refractivity contribution >= 4 is 23.0 Å². The fraction of sp³-hybridized carbons (Fsp3) is 0.650. The lowest BCUT2D eigenvalue weighted by Gasteiger charge is -2.39. The number of hydrogen-bond acceptors (Lipinski definition) is 5. The van der Waals surface area contributed by atoms with Gasteiger partial charge in [0.15, 0.2) is 0 Å². The lowest BCUT2D eigenvalue weighted by atomic mass is 9.94. The van der Waals surface area contributed by atoms with E-state index < -0.39 is 0 Å². The maximum Gasteiger partial charge on any atom is 0.292 e. The number of carbonyl (C=O) groups is 1. The van der Waals surface area contributed by atoms with Crippen LogP contribution in [0.25, 0.3) is 0 Å². The molecule has 1 amide bonds. The molecule has 0 N–H and O–H groups in total. The first kappa shape index (κ1) is 19.5. The minimum atomic E-state index is -0.364. The van der Waals surface area contributed by atoms with E-state index >= 15 is 0 Å². The third-order valence-electron chi connectivity index (χ3n) is 5.43. The Morgan fingerprint density at radius 3 is 2.15 bits per heavy atom. The first-order valence-electron chi connectivity index (χ1n) is 9.85. The predicted molar refractivity (Wildman–Crippen MR) is 107 cm³/mol. The van der Waals surface area contributed by atoms with E-state index in [-0.39, 0.29) is 21.9 Å². The molecule has 0 saturated carbocycles. The van der Waals surface area contributed by atoms with Crippen LogP contribution in [0.4, 0.5) is 17.1 Å². The Labute approximate surface area is 161 Å². The Kier molecular flexibility index (Phi) is 5.58. The van der Waals surface area contributed by atoms with E-state index in [1.807, 2.05) is 37.8 Å². The Bertz CT molecular complexity index is 700. The number of carbonyl (C=O) groups excluding carboxylic acids is 1. The van der Waals surface area contributed by atoms with Crippen molar-refractivity contribution in [3.05, 3.63) is 28.3 Å². The summed E-state index contributed by atoms with van der Waals surface area (Å²) in [5.74, 6) is 0.180. The number of benzene rings is 1. The number of piperazine rings is 1. The fourth-order valence-electron chi connectivity index (χ4n) is 3.89. The lowest BCUT2D eigenvalue weighted by Crippen LogP contribution is -2.51. The van der Waals surface area contributed by atoms with Gasteiger partial charge in [0.2, 0.25) is 5.91 Å². The molecule has 0 spiro atoms. The standard InChI is InChI=1S/C20H30N4O3/c1-20(2,3)19(25)23-13-11-21(12-14-23)16-7-8-17(24(26)27)18(15-16)22-9-5-4-6-10-22/h7-8,15H,4-6,9-14H2,1-3H3. The van der Waals surface area contributed by atoms with Crippen LogP contribution < -0.4 is 9.80 Å². The van der Waals surface area contributed by atoms with E-state index in [1.165, 1.54) is 6.42 Å². The second-order valence-electron chi connectivity index (χ2n) is 8.51. The Morgan fingerprint density at radius 1 is 0.963 bits per heavy atom. The molecule has 1 aromatic rings. The summed E-state index contributed by atoms with van der Waals surface area (Å²) in [5.41, 5.74) is 1.55.